The van der Waals surface area contributed by atoms with Crippen molar-refractivity contribution < 1.29 is 14.6 Å². The molecule has 0 bridgehead atoms. The van der Waals surface area contributed by atoms with Crippen LogP contribution in [0.2, 0.25) is 0 Å². The number of likely N-dealkylation sites (tertiary alicyclic amines) is 1. The molecule has 1 atom stereocenters. The predicted octanol–water partition coefficient (Wildman–Crippen LogP) is 2.38. The van der Waals surface area contributed by atoms with Gasteiger partial charge in [-0.15, -0.1) is 0 Å². The quantitative estimate of drug-likeness (QED) is 0.725. The highest BCUT2D eigenvalue weighted by Crippen LogP contribution is 2.16. The number of nitrogens with zero attached hydrogens (tertiary/aromatic N) is 1. The third-order valence-corrected chi connectivity index (χ3v) is 3.56. The van der Waals surface area contributed by atoms with E-state index in [2.05, 4.69) is 18.7 Å². The highest BCUT2D eigenvalue weighted by atomic mass is 16.5. The predicted molar refractivity (Wildman–Crippen MR) is 71.7 cm³/mol. The second-order valence-corrected chi connectivity index (χ2v) is 5.41. The van der Waals surface area contributed by atoms with Crippen LogP contribution in [0.5, 0.6) is 0 Å². The van der Waals surface area contributed by atoms with Crippen LogP contribution in [0, 0.1) is 5.92 Å². The summed E-state index contributed by atoms with van der Waals surface area (Å²) < 4.78 is 5.59. The maximum absolute atomic E-state index is 10.4. The summed E-state index contributed by atoms with van der Waals surface area (Å²) in [5.41, 5.74) is 0. The molecule has 1 N–H and O–H groups in total. The molecule has 0 spiro atoms. The summed E-state index contributed by atoms with van der Waals surface area (Å²) in [4.78, 5) is 12.9. The van der Waals surface area contributed by atoms with E-state index in [1.165, 1.54) is 19.4 Å². The van der Waals surface area contributed by atoms with Crippen molar-refractivity contribution in [1.82, 2.24) is 4.90 Å². The van der Waals surface area contributed by atoms with Crippen LogP contribution < -0.4 is 0 Å². The lowest BCUT2D eigenvalue weighted by molar-refractivity contribution is -0.138. The van der Waals surface area contributed by atoms with Gasteiger partial charge in [-0.2, -0.15) is 0 Å². The standard InChI is InChI=1S/C14H27NO3/c1-3-4-12(2)11-15-8-5-13(6-9-15)18-10-7-14(16)17/h12-13H,3-11H2,1-2H3,(H,16,17). The molecule has 4 heteroatoms. The minimum absolute atomic E-state index is 0.119. The van der Waals surface area contributed by atoms with E-state index in [4.69, 9.17) is 9.84 Å². The van der Waals surface area contributed by atoms with Crippen molar-refractivity contribution >= 4 is 5.97 Å². The zero-order valence-electron chi connectivity index (χ0n) is 11.7. The fourth-order valence-electron chi connectivity index (χ4n) is 2.60. The molecule has 1 aliphatic heterocycles. The minimum Gasteiger partial charge on any atom is -0.481 e. The summed E-state index contributed by atoms with van der Waals surface area (Å²) in [5, 5.41) is 8.55. The van der Waals surface area contributed by atoms with Crippen molar-refractivity contribution in [3.05, 3.63) is 0 Å². The fourth-order valence-corrected chi connectivity index (χ4v) is 2.60. The molecule has 0 aromatic rings. The van der Waals surface area contributed by atoms with Crippen LogP contribution >= 0.6 is 0 Å². The third-order valence-electron chi connectivity index (χ3n) is 3.56. The van der Waals surface area contributed by atoms with Gasteiger partial charge in [-0.1, -0.05) is 20.3 Å². The van der Waals surface area contributed by atoms with Gasteiger partial charge < -0.3 is 14.7 Å². The molecule has 18 heavy (non-hydrogen) atoms. The van der Waals surface area contributed by atoms with E-state index in [-0.39, 0.29) is 12.5 Å². The Morgan fingerprint density at radius 3 is 2.67 bits per heavy atom. The molecule has 0 saturated carbocycles. The number of rotatable bonds is 8. The van der Waals surface area contributed by atoms with E-state index in [0.717, 1.165) is 31.8 Å². The van der Waals surface area contributed by atoms with Crippen LogP contribution in [-0.4, -0.2) is 48.3 Å². The Labute approximate surface area is 110 Å². The lowest BCUT2D eigenvalue weighted by atomic mass is 10.0. The van der Waals surface area contributed by atoms with E-state index in [9.17, 15) is 4.79 Å². The molecule has 106 valence electrons. The average molecular weight is 257 g/mol. The maximum Gasteiger partial charge on any atom is 0.305 e. The summed E-state index contributed by atoms with van der Waals surface area (Å²) in [6.07, 6.45) is 5.03. The van der Waals surface area contributed by atoms with Crippen LogP contribution in [0.25, 0.3) is 0 Å². The molecule has 4 nitrogen and oxygen atoms in total. The molecule has 0 aromatic carbocycles. The Balaban J connectivity index is 2.10. The zero-order valence-corrected chi connectivity index (χ0v) is 11.7. The first-order chi connectivity index (χ1) is 8.61. The molecule has 0 aliphatic carbocycles. The van der Waals surface area contributed by atoms with Crippen molar-refractivity contribution in [1.29, 1.82) is 0 Å². The largest absolute Gasteiger partial charge is 0.481 e. The summed E-state index contributed by atoms with van der Waals surface area (Å²) >= 11 is 0. The number of ether oxygens (including phenoxy) is 1. The number of hydrogen-bond donors (Lipinski definition) is 1. The Morgan fingerprint density at radius 2 is 2.11 bits per heavy atom. The van der Waals surface area contributed by atoms with Gasteiger partial charge in [-0.05, 0) is 25.2 Å². The van der Waals surface area contributed by atoms with Crippen LogP contribution in [-0.2, 0) is 9.53 Å². The number of carboxylic acid groups (broad SMARTS) is 1. The molecular weight excluding hydrogens is 230 g/mol. The molecule has 1 fully saturated rings. The summed E-state index contributed by atoms with van der Waals surface area (Å²) in [6.45, 7) is 8.28. The number of hydrogen-bond acceptors (Lipinski definition) is 3. The summed E-state index contributed by atoms with van der Waals surface area (Å²) in [6, 6.07) is 0. The third kappa shape index (κ3) is 6.36. The van der Waals surface area contributed by atoms with Gasteiger partial charge in [0, 0.05) is 19.6 Å². The summed E-state index contributed by atoms with van der Waals surface area (Å²) in [5.74, 6) is 0.000283. The first kappa shape index (κ1) is 15.4. The topological polar surface area (TPSA) is 49.8 Å². The van der Waals surface area contributed by atoms with Crippen LogP contribution in [0.1, 0.15) is 46.0 Å². The van der Waals surface area contributed by atoms with Gasteiger partial charge in [-0.25, -0.2) is 0 Å². The van der Waals surface area contributed by atoms with Gasteiger partial charge in [0.2, 0.25) is 0 Å². The van der Waals surface area contributed by atoms with Crippen LogP contribution in [0.15, 0.2) is 0 Å². The Kier molecular flexibility index (Phi) is 7.28. The highest BCUT2D eigenvalue weighted by Gasteiger charge is 2.20. The van der Waals surface area contributed by atoms with Gasteiger partial charge in [0.15, 0.2) is 0 Å². The normalized spacial score (nSPS) is 19.9. The van der Waals surface area contributed by atoms with E-state index in [0.29, 0.717) is 6.61 Å². The van der Waals surface area contributed by atoms with Crippen molar-refractivity contribution in [2.24, 2.45) is 5.92 Å². The number of piperidine rings is 1. The molecule has 1 unspecified atom stereocenters. The van der Waals surface area contributed by atoms with E-state index >= 15 is 0 Å². The molecule has 1 rings (SSSR count). The Morgan fingerprint density at radius 1 is 1.44 bits per heavy atom. The zero-order chi connectivity index (χ0) is 13.4. The monoisotopic (exact) mass is 257 g/mol. The van der Waals surface area contributed by atoms with Crippen molar-refractivity contribution in [2.75, 3.05) is 26.2 Å². The lowest BCUT2D eigenvalue weighted by Crippen LogP contribution is -2.39. The van der Waals surface area contributed by atoms with Crippen molar-refractivity contribution in [3.63, 3.8) is 0 Å². The molecular formula is C14H27NO3. The average Bonchev–Trinajstić information content (AvgIpc) is 2.31. The smallest absolute Gasteiger partial charge is 0.305 e. The van der Waals surface area contributed by atoms with E-state index < -0.39 is 5.97 Å². The minimum atomic E-state index is -0.777. The van der Waals surface area contributed by atoms with Crippen LogP contribution in [0.4, 0.5) is 0 Å². The van der Waals surface area contributed by atoms with E-state index in [1.54, 1.807) is 0 Å². The van der Waals surface area contributed by atoms with E-state index in [1.807, 2.05) is 0 Å². The van der Waals surface area contributed by atoms with Crippen LogP contribution in [0.3, 0.4) is 0 Å². The lowest BCUT2D eigenvalue weighted by Gasteiger charge is -2.33. The highest BCUT2D eigenvalue weighted by molar-refractivity contribution is 5.66. The van der Waals surface area contributed by atoms with Gasteiger partial charge in [0.25, 0.3) is 0 Å². The second-order valence-electron chi connectivity index (χ2n) is 5.41. The first-order valence-electron chi connectivity index (χ1n) is 7.17. The Bertz CT molecular complexity index is 237. The molecule has 1 aliphatic rings. The molecule has 0 radical (unpaired) electrons. The first-order valence-corrected chi connectivity index (χ1v) is 7.17. The van der Waals surface area contributed by atoms with Crippen molar-refractivity contribution in [2.45, 2.75) is 52.1 Å². The SMILES string of the molecule is CCCC(C)CN1CCC(OCCC(=O)O)CC1. The number of carboxylic acids is 1. The van der Waals surface area contributed by atoms with Gasteiger partial charge in [-0.3, -0.25) is 4.79 Å². The molecule has 0 amide bonds. The van der Waals surface area contributed by atoms with Gasteiger partial charge in [0.1, 0.15) is 0 Å². The molecule has 0 aromatic heterocycles. The fraction of sp³-hybridized carbons (Fsp3) is 0.929. The van der Waals surface area contributed by atoms with Crippen molar-refractivity contribution in [3.8, 4) is 0 Å². The maximum atomic E-state index is 10.4. The molecule has 1 heterocycles. The second kappa shape index (κ2) is 8.48. The number of carbonyl (C=O) groups is 1. The number of aliphatic carboxylic acids is 1. The van der Waals surface area contributed by atoms with Gasteiger partial charge in [0.05, 0.1) is 19.1 Å². The van der Waals surface area contributed by atoms with Gasteiger partial charge >= 0.3 is 5.97 Å². The molecule has 1 saturated heterocycles. The Hall–Kier alpha value is -0.610. The summed E-state index contributed by atoms with van der Waals surface area (Å²) in [7, 11) is 0.